The van der Waals surface area contributed by atoms with Gasteiger partial charge in [0, 0.05) is 9.92 Å². The third kappa shape index (κ3) is 4.02. The molecule has 0 saturated heterocycles. The summed E-state index contributed by atoms with van der Waals surface area (Å²) in [5, 5.41) is 12.4. The summed E-state index contributed by atoms with van der Waals surface area (Å²) in [4.78, 5) is 26.3. The Hall–Kier alpha value is -3.86. The molecule has 0 spiro atoms. The van der Waals surface area contributed by atoms with E-state index in [2.05, 4.69) is 30.5 Å². The molecule has 0 amide bonds. The highest BCUT2D eigenvalue weighted by Crippen LogP contribution is 2.32. The second kappa shape index (κ2) is 7.93. The Kier molecular flexibility index (Phi) is 5.05. The summed E-state index contributed by atoms with van der Waals surface area (Å²) in [6.45, 7) is 0. The highest BCUT2D eigenvalue weighted by Gasteiger charge is 2.20. The maximum absolute atomic E-state index is 13.4. The van der Waals surface area contributed by atoms with Crippen molar-refractivity contribution in [2.24, 2.45) is 0 Å². The van der Waals surface area contributed by atoms with Gasteiger partial charge >= 0.3 is 5.69 Å². The summed E-state index contributed by atoms with van der Waals surface area (Å²) in [5.41, 5.74) is 2.10. The third-order valence-electron chi connectivity index (χ3n) is 4.95. The molecule has 9 nitrogen and oxygen atoms in total. The summed E-state index contributed by atoms with van der Waals surface area (Å²) in [5.74, 6) is 3.90. The van der Waals surface area contributed by atoms with Gasteiger partial charge in [-0.3, -0.25) is 9.93 Å². The van der Waals surface area contributed by atoms with Crippen molar-refractivity contribution >= 4 is 66.6 Å². The van der Waals surface area contributed by atoms with E-state index in [0.717, 1.165) is 5.06 Å². The van der Waals surface area contributed by atoms with Crippen LogP contribution in [0.5, 0.6) is 0 Å². The smallest absolute Gasteiger partial charge is 0.306 e. The predicted molar refractivity (Wildman–Crippen MR) is 131 cm³/mol. The number of H-pyrrole nitrogens is 2. The molecular weight excluding hydrogens is 464 g/mol. The number of anilines is 3. The molecule has 0 aliphatic heterocycles. The van der Waals surface area contributed by atoms with E-state index in [9.17, 15) is 14.2 Å². The van der Waals surface area contributed by atoms with Crippen molar-refractivity contribution in [3.8, 4) is 0 Å². The molecule has 0 bridgehead atoms. The highest BCUT2D eigenvalue weighted by atomic mass is 35.5. The van der Waals surface area contributed by atoms with Gasteiger partial charge in [-0.1, -0.05) is 23.7 Å². The normalized spacial score (nSPS) is 13.2. The Morgan fingerprint density at radius 2 is 1.64 bits per heavy atom. The first-order chi connectivity index (χ1) is 15.8. The number of nitrogens with zero attached hydrogens (tertiary/aromatic N) is 3. The van der Waals surface area contributed by atoms with Crippen LogP contribution in [0.15, 0.2) is 76.4 Å². The lowest BCUT2D eigenvalue weighted by molar-refractivity contribution is 0.298. The molecule has 5 rings (SSSR count). The van der Waals surface area contributed by atoms with Crippen LogP contribution in [0.2, 0.25) is 5.02 Å². The van der Waals surface area contributed by atoms with E-state index in [1.54, 1.807) is 66.7 Å². The third-order valence-corrected chi connectivity index (χ3v) is 6.76. The van der Waals surface area contributed by atoms with Gasteiger partial charge in [-0.15, -0.1) is 0 Å². The first-order valence-electron chi connectivity index (χ1n) is 9.69. The molecule has 0 fully saturated rings. The minimum absolute atomic E-state index is 0.0104. The van der Waals surface area contributed by atoms with Crippen LogP contribution in [-0.4, -0.2) is 35.2 Å². The number of benzene rings is 3. The van der Waals surface area contributed by atoms with Crippen LogP contribution in [-0.2, 0) is 9.71 Å². The molecule has 2 aromatic heterocycles. The molecule has 2 heterocycles. The summed E-state index contributed by atoms with van der Waals surface area (Å²) >= 11 is 5.94. The summed E-state index contributed by atoms with van der Waals surface area (Å²) in [6, 6.07) is 18.4. The van der Waals surface area contributed by atoms with Gasteiger partial charge in [-0.25, -0.2) is 24.0 Å². The second-order valence-electron chi connectivity index (χ2n) is 7.24. The molecule has 11 heteroatoms. The Bertz CT molecular complexity index is 1660. The highest BCUT2D eigenvalue weighted by molar-refractivity contribution is 8.01. The van der Waals surface area contributed by atoms with Crippen LogP contribution in [0, 0.1) is 0 Å². The van der Waals surface area contributed by atoms with Gasteiger partial charge in [0.2, 0.25) is 5.82 Å². The van der Waals surface area contributed by atoms with Gasteiger partial charge in [-0.2, -0.15) is 0 Å². The molecule has 1 unspecified atom stereocenters. The number of aromatic nitrogens is 4. The van der Waals surface area contributed by atoms with Crippen LogP contribution >= 0.6 is 11.6 Å². The van der Waals surface area contributed by atoms with Gasteiger partial charge in [0.25, 0.3) is 0 Å². The number of hydrogen-bond acceptors (Lipinski definition) is 6. The monoisotopic (exact) mass is 480 g/mol. The van der Waals surface area contributed by atoms with Crippen LogP contribution in [0.4, 0.5) is 17.3 Å². The molecule has 5 aromatic rings. The molecule has 33 heavy (non-hydrogen) atoms. The molecule has 0 aliphatic carbocycles. The molecule has 166 valence electrons. The van der Waals surface area contributed by atoms with Crippen molar-refractivity contribution in [3.05, 3.63) is 82.2 Å². The lowest BCUT2D eigenvalue weighted by Gasteiger charge is -2.21. The lowest BCUT2D eigenvalue weighted by atomic mass is 10.2. The zero-order valence-electron chi connectivity index (χ0n) is 16.9. The Labute approximate surface area is 192 Å². The van der Waals surface area contributed by atoms with Crippen molar-refractivity contribution in [1.29, 1.82) is 0 Å². The summed E-state index contributed by atoms with van der Waals surface area (Å²) in [7, 11) is -3.07. The van der Waals surface area contributed by atoms with Crippen LogP contribution in [0.1, 0.15) is 0 Å². The quantitative estimate of drug-likeness (QED) is 0.222. The number of nitrogens with one attached hydrogen (secondary N) is 3. The van der Waals surface area contributed by atoms with E-state index in [1.165, 1.54) is 0 Å². The van der Waals surface area contributed by atoms with Crippen LogP contribution in [0.25, 0.3) is 22.1 Å². The van der Waals surface area contributed by atoms with E-state index in [4.69, 9.17) is 11.6 Å². The number of fused-ring (bicyclic) bond motifs is 2. The van der Waals surface area contributed by atoms with Crippen molar-refractivity contribution in [2.45, 2.75) is 4.90 Å². The zero-order chi connectivity index (χ0) is 23.2. The van der Waals surface area contributed by atoms with Crippen LogP contribution < -0.4 is 15.5 Å². The average Bonchev–Trinajstić information content (AvgIpc) is 3.17. The molecular formula is C22H17ClN6O3S. The summed E-state index contributed by atoms with van der Waals surface area (Å²) in [6.07, 6.45) is 0. The maximum Gasteiger partial charge on any atom is 0.323 e. The van der Waals surface area contributed by atoms with Gasteiger partial charge in [0.05, 0.1) is 37.5 Å². The fourth-order valence-electron chi connectivity index (χ4n) is 3.35. The van der Waals surface area contributed by atoms with Crippen molar-refractivity contribution in [1.82, 2.24) is 19.9 Å². The summed E-state index contributed by atoms with van der Waals surface area (Å²) < 4.78 is 16.3. The predicted octanol–water partition coefficient (Wildman–Crippen LogP) is 4.08. The van der Waals surface area contributed by atoms with Gasteiger partial charge in [0.1, 0.15) is 0 Å². The number of imidazole rings is 1. The van der Waals surface area contributed by atoms with Gasteiger partial charge in [0.15, 0.2) is 5.82 Å². The number of hydrogen-bond donors (Lipinski definition) is 4. The second-order valence-corrected chi connectivity index (χ2v) is 9.70. The first kappa shape index (κ1) is 21.0. The number of halogens is 1. The van der Waals surface area contributed by atoms with Crippen LogP contribution in [0.3, 0.4) is 0 Å². The number of aromatic amines is 2. The van der Waals surface area contributed by atoms with Crippen molar-refractivity contribution in [3.63, 3.8) is 0 Å². The van der Waals surface area contributed by atoms with E-state index in [1.807, 2.05) is 0 Å². The van der Waals surface area contributed by atoms with E-state index >= 15 is 0 Å². The van der Waals surface area contributed by atoms with Gasteiger partial charge < -0.3 is 9.97 Å². The molecule has 1 atom stereocenters. The maximum atomic E-state index is 13.4. The first-order valence-corrected chi connectivity index (χ1v) is 11.8. The Morgan fingerprint density at radius 1 is 0.970 bits per heavy atom. The van der Waals surface area contributed by atoms with E-state index in [-0.39, 0.29) is 17.3 Å². The fourth-order valence-corrected chi connectivity index (χ4v) is 4.62. The Balaban J connectivity index is 1.63. The van der Waals surface area contributed by atoms with Gasteiger partial charge in [-0.05, 0) is 60.5 Å². The SMILES string of the molecule is C=S(=O)(Nc1nc2ccccc2nc1N(O)c1ccc2[nH]c(=O)[nH]c2c1)c1ccc(Cl)cc1. The molecule has 3 aromatic carbocycles. The van der Waals surface area contributed by atoms with E-state index in [0.29, 0.717) is 37.7 Å². The lowest BCUT2D eigenvalue weighted by Crippen LogP contribution is -2.20. The average molecular weight is 481 g/mol. The standard InChI is InChI=1S/C22H17ClN6O3S/c1-33(32,15-9-6-13(23)7-10-15)28-20-21(25-17-5-3-2-4-16(17)24-20)29(31)14-8-11-18-19(12-14)27-22(30)26-18/h2-12,31H,1H2,(H,24,28,32)(H2,26,27,30). The molecule has 4 N–H and O–H groups in total. The zero-order valence-corrected chi connectivity index (χ0v) is 18.5. The number of rotatable bonds is 5. The molecule has 0 radical (unpaired) electrons. The minimum atomic E-state index is -3.07. The fraction of sp³-hybridized carbons (Fsp3) is 0. The van der Waals surface area contributed by atoms with Crippen molar-refractivity contribution < 1.29 is 9.42 Å². The topological polar surface area (TPSA) is 127 Å². The number of para-hydroxylation sites is 2. The largest absolute Gasteiger partial charge is 0.323 e. The Morgan fingerprint density at radius 3 is 2.36 bits per heavy atom. The minimum Gasteiger partial charge on any atom is -0.306 e. The molecule has 0 aliphatic rings. The van der Waals surface area contributed by atoms with E-state index < -0.39 is 9.71 Å². The van der Waals surface area contributed by atoms with Crippen molar-refractivity contribution in [2.75, 3.05) is 9.79 Å². The molecule has 0 saturated carbocycles.